The summed E-state index contributed by atoms with van der Waals surface area (Å²) in [6.45, 7) is 10.7. The summed E-state index contributed by atoms with van der Waals surface area (Å²) in [6, 6.07) is 9.15. The summed E-state index contributed by atoms with van der Waals surface area (Å²) in [5, 5.41) is 3.72. The average molecular weight is 290 g/mol. The zero-order valence-corrected chi connectivity index (χ0v) is 13.8. The Morgan fingerprint density at radius 3 is 2.71 bits per heavy atom. The van der Waals surface area contributed by atoms with E-state index in [1.807, 2.05) is 6.92 Å². The molecule has 1 heterocycles. The van der Waals surface area contributed by atoms with E-state index in [9.17, 15) is 0 Å². The Kier molecular flexibility index (Phi) is 6.37. The number of benzene rings is 1. The van der Waals surface area contributed by atoms with Gasteiger partial charge in [-0.15, -0.1) is 0 Å². The van der Waals surface area contributed by atoms with Crippen LogP contribution in [0.5, 0.6) is 5.75 Å². The molecular weight excluding hydrogens is 260 g/mol. The van der Waals surface area contributed by atoms with Gasteiger partial charge in [-0.1, -0.05) is 13.8 Å². The maximum atomic E-state index is 5.51. The van der Waals surface area contributed by atoms with Gasteiger partial charge < -0.3 is 15.0 Å². The third kappa shape index (κ3) is 5.24. The third-order valence-electron chi connectivity index (χ3n) is 4.09. The lowest BCUT2D eigenvalue weighted by Gasteiger charge is -2.35. The van der Waals surface area contributed by atoms with E-state index < -0.39 is 0 Å². The van der Waals surface area contributed by atoms with E-state index in [2.05, 4.69) is 48.3 Å². The molecule has 1 aliphatic rings. The molecule has 1 atom stereocenters. The van der Waals surface area contributed by atoms with Crippen molar-refractivity contribution in [1.29, 1.82) is 0 Å². The highest BCUT2D eigenvalue weighted by Crippen LogP contribution is 2.23. The summed E-state index contributed by atoms with van der Waals surface area (Å²) in [5.41, 5.74) is 1.31. The maximum Gasteiger partial charge on any atom is 0.119 e. The zero-order chi connectivity index (χ0) is 15.1. The normalized spacial score (nSPS) is 19.0. The van der Waals surface area contributed by atoms with Gasteiger partial charge >= 0.3 is 0 Å². The quantitative estimate of drug-likeness (QED) is 0.829. The van der Waals surface area contributed by atoms with Crippen molar-refractivity contribution in [2.75, 3.05) is 31.1 Å². The van der Waals surface area contributed by atoms with Crippen LogP contribution in [0, 0.1) is 5.92 Å². The minimum absolute atomic E-state index is 0.629. The summed E-state index contributed by atoms with van der Waals surface area (Å²) in [4.78, 5) is 2.49. The van der Waals surface area contributed by atoms with E-state index in [0.29, 0.717) is 6.04 Å². The highest BCUT2D eigenvalue weighted by molar-refractivity contribution is 5.49. The van der Waals surface area contributed by atoms with Crippen molar-refractivity contribution >= 4 is 5.69 Å². The predicted molar refractivity (Wildman–Crippen MR) is 90.3 cm³/mol. The minimum atomic E-state index is 0.629. The Labute approximate surface area is 129 Å². The van der Waals surface area contributed by atoms with Gasteiger partial charge in [-0.3, -0.25) is 0 Å². The standard InChI is InChI=1S/C18H30N2O/c1-4-21-18-9-7-17(8-10-18)20-13-5-6-16(14-20)19-12-11-15(2)3/h7-10,15-16,19H,4-6,11-14H2,1-3H3. The molecule has 0 amide bonds. The van der Waals surface area contributed by atoms with Crippen LogP contribution in [0.4, 0.5) is 5.69 Å². The van der Waals surface area contributed by atoms with Gasteiger partial charge in [0.05, 0.1) is 6.61 Å². The van der Waals surface area contributed by atoms with Crippen LogP contribution >= 0.6 is 0 Å². The lowest BCUT2D eigenvalue weighted by molar-refractivity contribution is 0.340. The van der Waals surface area contributed by atoms with Crippen LogP contribution in [-0.2, 0) is 0 Å². The summed E-state index contributed by atoms with van der Waals surface area (Å²) < 4.78 is 5.51. The molecule has 1 fully saturated rings. The van der Waals surface area contributed by atoms with Crippen LogP contribution in [0.3, 0.4) is 0 Å². The molecular formula is C18H30N2O. The van der Waals surface area contributed by atoms with E-state index in [-0.39, 0.29) is 0 Å². The Bertz CT molecular complexity index is 402. The van der Waals surface area contributed by atoms with Gasteiger partial charge in [-0.2, -0.15) is 0 Å². The molecule has 1 N–H and O–H groups in total. The molecule has 1 saturated heterocycles. The molecule has 0 aromatic heterocycles. The smallest absolute Gasteiger partial charge is 0.119 e. The molecule has 3 heteroatoms. The first-order valence-corrected chi connectivity index (χ1v) is 8.40. The fraction of sp³-hybridized carbons (Fsp3) is 0.667. The van der Waals surface area contributed by atoms with Crippen LogP contribution in [0.1, 0.15) is 40.0 Å². The average Bonchev–Trinajstić information content (AvgIpc) is 2.48. The van der Waals surface area contributed by atoms with Gasteiger partial charge in [0.1, 0.15) is 5.75 Å². The maximum absolute atomic E-state index is 5.51. The predicted octanol–water partition coefficient (Wildman–Crippen LogP) is 3.69. The van der Waals surface area contributed by atoms with Crippen LogP contribution in [0.15, 0.2) is 24.3 Å². The van der Waals surface area contributed by atoms with Crippen molar-refractivity contribution < 1.29 is 4.74 Å². The van der Waals surface area contributed by atoms with Gasteiger partial charge in [-0.25, -0.2) is 0 Å². The second kappa shape index (κ2) is 8.28. The molecule has 21 heavy (non-hydrogen) atoms. The molecule has 1 aromatic carbocycles. The molecule has 1 aromatic rings. The molecule has 1 aliphatic heterocycles. The van der Waals surface area contributed by atoms with Crippen LogP contribution in [0.2, 0.25) is 0 Å². The van der Waals surface area contributed by atoms with Gasteiger partial charge in [0.15, 0.2) is 0 Å². The number of nitrogens with one attached hydrogen (secondary N) is 1. The van der Waals surface area contributed by atoms with Crippen LogP contribution in [0.25, 0.3) is 0 Å². The largest absolute Gasteiger partial charge is 0.494 e. The van der Waals surface area contributed by atoms with E-state index in [1.165, 1.54) is 24.9 Å². The van der Waals surface area contributed by atoms with Crippen molar-refractivity contribution in [3.05, 3.63) is 24.3 Å². The minimum Gasteiger partial charge on any atom is -0.494 e. The Hall–Kier alpha value is -1.22. The van der Waals surface area contributed by atoms with Crippen LogP contribution < -0.4 is 15.0 Å². The van der Waals surface area contributed by atoms with E-state index >= 15 is 0 Å². The monoisotopic (exact) mass is 290 g/mol. The van der Waals surface area contributed by atoms with Crippen molar-refractivity contribution in [3.63, 3.8) is 0 Å². The fourth-order valence-corrected chi connectivity index (χ4v) is 2.87. The van der Waals surface area contributed by atoms with E-state index in [0.717, 1.165) is 37.9 Å². The molecule has 0 bridgehead atoms. The molecule has 2 rings (SSSR count). The summed E-state index contributed by atoms with van der Waals surface area (Å²) in [6.07, 6.45) is 3.83. The molecule has 1 unspecified atom stereocenters. The van der Waals surface area contributed by atoms with Crippen molar-refractivity contribution in [2.24, 2.45) is 5.92 Å². The Morgan fingerprint density at radius 1 is 1.29 bits per heavy atom. The highest BCUT2D eigenvalue weighted by atomic mass is 16.5. The zero-order valence-electron chi connectivity index (χ0n) is 13.8. The number of hydrogen-bond acceptors (Lipinski definition) is 3. The third-order valence-corrected chi connectivity index (χ3v) is 4.09. The van der Waals surface area contributed by atoms with Gasteiger partial charge in [-0.05, 0) is 62.9 Å². The number of piperidine rings is 1. The molecule has 0 aliphatic carbocycles. The van der Waals surface area contributed by atoms with Gasteiger partial charge in [0.25, 0.3) is 0 Å². The fourth-order valence-electron chi connectivity index (χ4n) is 2.87. The molecule has 0 saturated carbocycles. The van der Waals surface area contributed by atoms with Gasteiger partial charge in [0, 0.05) is 24.8 Å². The Morgan fingerprint density at radius 2 is 2.05 bits per heavy atom. The molecule has 0 radical (unpaired) electrons. The topological polar surface area (TPSA) is 24.5 Å². The molecule has 3 nitrogen and oxygen atoms in total. The first-order valence-electron chi connectivity index (χ1n) is 8.40. The number of anilines is 1. The molecule has 0 spiro atoms. The van der Waals surface area contributed by atoms with Crippen molar-refractivity contribution in [3.8, 4) is 5.75 Å². The first-order chi connectivity index (χ1) is 10.2. The van der Waals surface area contributed by atoms with E-state index in [4.69, 9.17) is 4.74 Å². The van der Waals surface area contributed by atoms with Crippen molar-refractivity contribution in [1.82, 2.24) is 5.32 Å². The number of hydrogen-bond donors (Lipinski definition) is 1. The lowest BCUT2D eigenvalue weighted by atomic mass is 10.0. The lowest BCUT2D eigenvalue weighted by Crippen LogP contribution is -2.46. The summed E-state index contributed by atoms with van der Waals surface area (Å²) in [5.74, 6) is 1.74. The SMILES string of the molecule is CCOc1ccc(N2CCCC(NCCC(C)C)C2)cc1. The van der Waals surface area contributed by atoms with Crippen LogP contribution in [-0.4, -0.2) is 32.3 Å². The second-order valence-corrected chi connectivity index (χ2v) is 6.35. The Balaban J connectivity index is 1.85. The van der Waals surface area contributed by atoms with E-state index in [1.54, 1.807) is 0 Å². The first kappa shape index (κ1) is 16.2. The van der Waals surface area contributed by atoms with Crippen molar-refractivity contribution in [2.45, 2.75) is 46.1 Å². The number of ether oxygens (including phenoxy) is 1. The van der Waals surface area contributed by atoms with Gasteiger partial charge in [0.2, 0.25) is 0 Å². The summed E-state index contributed by atoms with van der Waals surface area (Å²) >= 11 is 0. The number of rotatable bonds is 7. The highest BCUT2D eigenvalue weighted by Gasteiger charge is 2.19. The number of nitrogens with zero attached hydrogens (tertiary/aromatic N) is 1. The molecule has 118 valence electrons. The second-order valence-electron chi connectivity index (χ2n) is 6.35. The summed E-state index contributed by atoms with van der Waals surface area (Å²) in [7, 11) is 0.